The predicted octanol–water partition coefficient (Wildman–Crippen LogP) is 3.88. The summed E-state index contributed by atoms with van der Waals surface area (Å²) in [6.07, 6.45) is 5.72. The van der Waals surface area contributed by atoms with Crippen molar-refractivity contribution in [1.29, 1.82) is 0 Å². The summed E-state index contributed by atoms with van der Waals surface area (Å²) in [5, 5.41) is 12.2. The van der Waals surface area contributed by atoms with Gasteiger partial charge in [-0.05, 0) is 61.9 Å². The van der Waals surface area contributed by atoms with Crippen molar-refractivity contribution in [3.05, 3.63) is 69.1 Å². The van der Waals surface area contributed by atoms with E-state index in [1.807, 2.05) is 0 Å². The summed E-state index contributed by atoms with van der Waals surface area (Å²) in [4.78, 5) is 44.8. The third-order valence-electron chi connectivity index (χ3n) is 6.36. The molecule has 2 aromatic heterocycles. The van der Waals surface area contributed by atoms with Gasteiger partial charge in [-0.2, -0.15) is 4.98 Å². The van der Waals surface area contributed by atoms with Gasteiger partial charge in [0.2, 0.25) is 11.8 Å². The van der Waals surface area contributed by atoms with E-state index in [0.29, 0.717) is 29.8 Å². The first-order chi connectivity index (χ1) is 16.8. The molecule has 0 atom stereocenters. The van der Waals surface area contributed by atoms with Crippen LogP contribution in [0, 0.1) is 11.8 Å². The molecule has 1 aromatic carbocycles. The highest BCUT2D eigenvalue weighted by Gasteiger charge is 2.22. The molecule has 1 saturated carbocycles. The van der Waals surface area contributed by atoms with Crippen LogP contribution in [0.3, 0.4) is 0 Å². The molecule has 3 aromatic rings. The SMILES string of the molecule is CCn1c(=O)nc(Nc2ccc(Oc3cc(C(=O)O)ccn3)cc2)n(CC2CCC(C)CC2)c1=O. The minimum absolute atomic E-state index is 0.0755. The standard InChI is InChI=1S/C25H29N5O5/c1-3-29-24(33)28-23(30(25(29)34)15-17-6-4-16(2)5-7-17)27-19-8-10-20(11-9-19)35-21-14-18(22(31)32)12-13-26-21/h8-14,16-17H,3-7,15H2,1-2H3,(H,31,32)(H,27,28,33). The Hall–Kier alpha value is -3.95. The maximum absolute atomic E-state index is 13.1. The normalized spacial score (nSPS) is 17.7. The molecule has 4 rings (SSSR count). The van der Waals surface area contributed by atoms with Crippen LogP contribution in [0.1, 0.15) is 49.9 Å². The molecule has 0 aliphatic heterocycles. The van der Waals surface area contributed by atoms with Gasteiger partial charge in [0.1, 0.15) is 5.75 Å². The van der Waals surface area contributed by atoms with Crippen molar-refractivity contribution in [2.45, 2.75) is 52.6 Å². The van der Waals surface area contributed by atoms with Crippen LogP contribution in [0.5, 0.6) is 11.6 Å². The smallest absolute Gasteiger partial charge is 0.354 e. The van der Waals surface area contributed by atoms with Crippen LogP contribution in [0.25, 0.3) is 0 Å². The molecule has 0 bridgehead atoms. The number of anilines is 2. The lowest BCUT2D eigenvalue weighted by atomic mass is 9.83. The van der Waals surface area contributed by atoms with E-state index < -0.39 is 11.7 Å². The van der Waals surface area contributed by atoms with Crippen molar-refractivity contribution in [3.8, 4) is 11.6 Å². The van der Waals surface area contributed by atoms with Crippen molar-refractivity contribution in [2.24, 2.45) is 11.8 Å². The summed E-state index contributed by atoms with van der Waals surface area (Å²) in [6.45, 7) is 4.77. The number of pyridine rings is 1. The van der Waals surface area contributed by atoms with Crippen LogP contribution in [0.15, 0.2) is 52.2 Å². The van der Waals surface area contributed by atoms with E-state index in [9.17, 15) is 14.4 Å². The molecule has 0 spiro atoms. The molecule has 2 N–H and O–H groups in total. The Morgan fingerprint density at radius 3 is 2.49 bits per heavy atom. The van der Waals surface area contributed by atoms with Crippen molar-refractivity contribution in [3.63, 3.8) is 0 Å². The van der Waals surface area contributed by atoms with Gasteiger partial charge < -0.3 is 15.2 Å². The van der Waals surface area contributed by atoms with E-state index in [2.05, 4.69) is 22.2 Å². The van der Waals surface area contributed by atoms with Crippen LogP contribution in [-0.4, -0.2) is 30.2 Å². The first kappa shape index (κ1) is 24.2. The maximum atomic E-state index is 13.1. The largest absolute Gasteiger partial charge is 0.478 e. The molecule has 10 heteroatoms. The summed E-state index contributed by atoms with van der Waals surface area (Å²) >= 11 is 0. The molecule has 184 valence electrons. The van der Waals surface area contributed by atoms with Crippen molar-refractivity contribution < 1.29 is 14.6 Å². The van der Waals surface area contributed by atoms with Crippen molar-refractivity contribution in [1.82, 2.24) is 19.1 Å². The van der Waals surface area contributed by atoms with Gasteiger partial charge >= 0.3 is 17.3 Å². The number of nitrogens with zero attached hydrogens (tertiary/aromatic N) is 4. The Morgan fingerprint density at radius 2 is 1.83 bits per heavy atom. The van der Waals surface area contributed by atoms with E-state index in [0.717, 1.165) is 30.3 Å². The van der Waals surface area contributed by atoms with Gasteiger partial charge in [0, 0.05) is 31.0 Å². The minimum atomic E-state index is -1.07. The number of carbonyl (C=O) groups is 1. The minimum Gasteiger partial charge on any atom is -0.478 e. The van der Waals surface area contributed by atoms with Gasteiger partial charge in [-0.3, -0.25) is 4.57 Å². The molecule has 0 unspecified atom stereocenters. The molecule has 2 heterocycles. The molecule has 35 heavy (non-hydrogen) atoms. The molecule has 1 fully saturated rings. The topological polar surface area (TPSA) is 128 Å². The molecule has 10 nitrogen and oxygen atoms in total. The van der Waals surface area contributed by atoms with Gasteiger partial charge in [0.15, 0.2) is 0 Å². The van der Waals surface area contributed by atoms with E-state index in [4.69, 9.17) is 9.84 Å². The summed E-state index contributed by atoms with van der Waals surface area (Å²) in [5.41, 5.74) is -0.251. The average Bonchev–Trinajstić information content (AvgIpc) is 2.84. The first-order valence-corrected chi connectivity index (χ1v) is 11.8. The highest BCUT2D eigenvalue weighted by molar-refractivity contribution is 5.87. The zero-order valence-corrected chi connectivity index (χ0v) is 19.8. The van der Waals surface area contributed by atoms with Gasteiger partial charge in [0.05, 0.1) is 5.56 Å². The number of hydrogen-bond acceptors (Lipinski definition) is 7. The number of rotatable bonds is 8. The van der Waals surface area contributed by atoms with Crippen LogP contribution in [-0.2, 0) is 13.1 Å². The van der Waals surface area contributed by atoms with Gasteiger partial charge in [-0.25, -0.2) is 23.9 Å². The Kier molecular flexibility index (Phi) is 7.28. The van der Waals surface area contributed by atoms with Gasteiger partial charge in [0.25, 0.3) is 0 Å². The summed E-state index contributed by atoms with van der Waals surface area (Å²) in [7, 11) is 0. The van der Waals surface area contributed by atoms with Crippen LogP contribution in [0.2, 0.25) is 0 Å². The van der Waals surface area contributed by atoms with Crippen LogP contribution < -0.4 is 21.4 Å². The molecular formula is C25H29N5O5. The quantitative estimate of drug-likeness (QED) is 0.498. The van der Waals surface area contributed by atoms with Crippen LogP contribution >= 0.6 is 0 Å². The third kappa shape index (κ3) is 5.76. The number of carboxylic acid groups (broad SMARTS) is 1. The molecule has 0 amide bonds. The summed E-state index contributed by atoms with van der Waals surface area (Å²) in [5.74, 6) is 0.820. The van der Waals surface area contributed by atoms with Crippen molar-refractivity contribution >= 4 is 17.6 Å². The number of aromatic nitrogens is 4. The monoisotopic (exact) mass is 479 g/mol. The summed E-state index contributed by atoms with van der Waals surface area (Å²) in [6, 6.07) is 9.52. The van der Waals surface area contributed by atoms with Crippen LogP contribution in [0.4, 0.5) is 11.6 Å². The Bertz CT molecular complexity index is 1310. The zero-order valence-electron chi connectivity index (χ0n) is 19.8. The second-order valence-corrected chi connectivity index (χ2v) is 8.92. The number of benzene rings is 1. The molecular weight excluding hydrogens is 450 g/mol. The van der Waals surface area contributed by atoms with Crippen molar-refractivity contribution in [2.75, 3.05) is 5.32 Å². The first-order valence-electron chi connectivity index (χ1n) is 11.8. The van der Waals surface area contributed by atoms with E-state index in [1.165, 1.54) is 18.3 Å². The zero-order chi connectivity index (χ0) is 24.9. The fourth-order valence-electron chi connectivity index (χ4n) is 4.28. The average molecular weight is 480 g/mol. The fraction of sp³-hybridized carbons (Fsp3) is 0.400. The number of carboxylic acids is 1. The second kappa shape index (κ2) is 10.5. The number of aromatic carboxylic acids is 1. The van der Waals surface area contributed by atoms with E-state index >= 15 is 0 Å². The Morgan fingerprint density at radius 1 is 1.11 bits per heavy atom. The predicted molar refractivity (Wildman–Crippen MR) is 131 cm³/mol. The summed E-state index contributed by atoms with van der Waals surface area (Å²) < 4.78 is 8.36. The Balaban J connectivity index is 1.55. The van der Waals surface area contributed by atoms with Gasteiger partial charge in [-0.15, -0.1) is 0 Å². The number of nitrogens with one attached hydrogen (secondary N) is 1. The number of ether oxygens (including phenoxy) is 1. The second-order valence-electron chi connectivity index (χ2n) is 8.92. The molecule has 1 aliphatic rings. The molecule has 0 radical (unpaired) electrons. The van der Waals surface area contributed by atoms with E-state index in [1.54, 1.807) is 35.8 Å². The lowest BCUT2D eigenvalue weighted by Gasteiger charge is -2.27. The fourth-order valence-corrected chi connectivity index (χ4v) is 4.28. The van der Waals surface area contributed by atoms with Gasteiger partial charge in [-0.1, -0.05) is 19.8 Å². The Labute approximate surface area is 202 Å². The molecule has 0 saturated heterocycles. The lowest BCUT2D eigenvalue weighted by Crippen LogP contribution is -2.43. The maximum Gasteiger partial charge on any atom is 0.354 e. The number of hydrogen-bond donors (Lipinski definition) is 2. The highest BCUT2D eigenvalue weighted by atomic mass is 16.5. The molecule has 1 aliphatic carbocycles. The van der Waals surface area contributed by atoms with E-state index in [-0.39, 0.29) is 29.6 Å². The lowest BCUT2D eigenvalue weighted by molar-refractivity contribution is 0.0696. The third-order valence-corrected chi connectivity index (χ3v) is 6.36. The highest BCUT2D eigenvalue weighted by Crippen LogP contribution is 2.30.